The molecule has 0 saturated carbocycles. The molecule has 0 bridgehead atoms. The van der Waals surface area contributed by atoms with E-state index in [1.165, 1.54) is 18.3 Å². The Balaban J connectivity index is 3.01. The quantitative estimate of drug-likeness (QED) is 0.721. The molecule has 26 heavy (non-hydrogen) atoms. The Bertz CT molecular complexity index is 609. The molecule has 148 valence electrons. The van der Waals surface area contributed by atoms with Gasteiger partial charge in [-0.3, -0.25) is 4.79 Å². The molecule has 1 heterocycles. The van der Waals surface area contributed by atoms with Crippen LogP contribution in [0.1, 0.15) is 64.8 Å². The average molecular weight is 387 g/mol. The van der Waals surface area contributed by atoms with Gasteiger partial charge in [-0.1, -0.05) is 13.8 Å². The van der Waals surface area contributed by atoms with Gasteiger partial charge in [0.2, 0.25) is 0 Å². The van der Waals surface area contributed by atoms with Gasteiger partial charge in [-0.05, 0) is 26.7 Å². The molecule has 0 aromatic carbocycles. The number of carbonyl (C=O) groups excluding carboxylic acids is 2. The van der Waals surface area contributed by atoms with Crippen molar-refractivity contribution in [2.24, 2.45) is 5.92 Å². The van der Waals surface area contributed by atoms with E-state index in [2.05, 4.69) is 4.98 Å². The lowest BCUT2D eigenvalue weighted by atomic mass is 9.96. The number of aliphatic hydroxyl groups excluding tert-OH is 1. The molecule has 1 aromatic rings. The van der Waals surface area contributed by atoms with Crippen molar-refractivity contribution >= 4 is 23.4 Å². The maximum Gasteiger partial charge on any atom is 0.410 e. The fraction of sp³-hybridized carbons (Fsp3) is 0.722. The number of aromatic nitrogens is 1. The topological polar surface area (TPSA) is 89.0 Å². The second-order valence-corrected chi connectivity index (χ2v) is 8.46. The number of amides is 1. The van der Waals surface area contributed by atoms with Crippen LogP contribution in [-0.2, 0) is 20.9 Å². The highest BCUT2D eigenvalue weighted by Crippen LogP contribution is 2.30. The van der Waals surface area contributed by atoms with Gasteiger partial charge < -0.3 is 19.5 Å². The number of nitrogens with zero attached hydrogens (tertiary/aromatic N) is 2. The Labute approximate surface area is 159 Å². The summed E-state index contributed by atoms with van der Waals surface area (Å²) in [7, 11) is 1.69. The van der Waals surface area contributed by atoms with Gasteiger partial charge in [-0.15, -0.1) is 11.3 Å². The molecule has 0 saturated heterocycles. The van der Waals surface area contributed by atoms with E-state index >= 15 is 0 Å². The Morgan fingerprint density at radius 1 is 1.35 bits per heavy atom. The Morgan fingerprint density at radius 2 is 1.96 bits per heavy atom. The van der Waals surface area contributed by atoms with Crippen LogP contribution in [-0.4, -0.2) is 45.7 Å². The van der Waals surface area contributed by atoms with E-state index < -0.39 is 23.8 Å². The molecule has 7 nitrogen and oxygen atoms in total. The van der Waals surface area contributed by atoms with Gasteiger partial charge in [0.1, 0.15) is 10.6 Å². The van der Waals surface area contributed by atoms with E-state index in [1.807, 2.05) is 34.6 Å². The van der Waals surface area contributed by atoms with Gasteiger partial charge >= 0.3 is 12.1 Å². The predicted octanol–water partition coefficient (Wildman–Crippen LogP) is 3.52. The van der Waals surface area contributed by atoms with Crippen LogP contribution >= 0.6 is 11.3 Å². The van der Waals surface area contributed by atoms with Crippen LogP contribution in [0.25, 0.3) is 0 Å². The summed E-state index contributed by atoms with van der Waals surface area (Å²) in [6, 6.07) is -0.212. The minimum Gasteiger partial charge on any atom is -0.455 e. The van der Waals surface area contributed by atoms with E-state index in [1.54, 1.807) is 17.3 Å². The van der Waals surface area contributed by atoms with Gasteiger partial charge in [0.15, 0.2) is 6.10 Å². The molecule has 0 radical (unpaired) electrons. The fourth-order valence-electron chi connectivity index (χ4n) is 2.51. The molecule has 1 N–H and O–H groups in total. The van der Waals surface area contributed by atoms with Gasteiger partial charge in [-0.25, -0.2) is 9.78 Å². The van der Waals surface area contributed by atoms with Crippen molar-refractivity contribution in [3.05, 3.63) is 16.1 Å². The third-order valence-corrected chi connectivity index (χ3v) is 4.70. The van der Waals surface area contributed by atoms with E-state index in [-0.39, 0.29) is 18.6 Å². The lowest BCUT2D eigenvalue weighted by Gasteiger charge is -2.34. The van der Waals surface area contributed by atoms with E-state index in [9.17, 15) is 14.7 Å². The number of aliphatic hydroxyl groups is 1. The third kappa shape index (κ3) is 6.92. The third-order valence-electron chi connectivity index (χ3n) is 3.72. The molecule has 0 spiro atoms. The molecule has 2 atom stereocenters. The summed E-state index contributed by atoms with van der Waals surface area (Å²) < 4.78 is 10.9. The lowest BCUT2D eigenvalue weighted by Crippen LogP contribution is -2.44. The summed E-state index contributed by atoms with van der Waals surface area (Å²) in [6.45, 7) is 10.6. The first-order chi connectivity index (χ1) is 11.9. The molecular formula is C18H30N2O5S. The van der Waals surface area contributed by atoms with E-state index in [0.29, 0.717) is 17.1 Å². The molecule has 1 rings (SSSR count). The van der Waals surface area contributed by atoms with Gasteiger partial charge in [0.25, 0.3) is 0 Å². The molecule has 0 aliphatic carbocycles. The van der Waals surface area contributed by atoms with Gasteiger partial charge in [0, 0.05) is 31.8 Å². The summed E-state index contributed by atoms with van der Waals surface area (Å²) in [5.41, 5.74) is -0.0585. The van der Waals surface area contributed by atoms with Crippen LogP contribution in [0.3, 0.4) is 0 Å². The minimum atomic E-state index is -0.590. The number of hydrogen-bond donors (Lipinski definition) is 1. The van der Waals surface area contributed by atoms with Crippen LogP contribution < -0.4 is 0 Å². The number of rotatable bonds is 7. The van der Waals surface area contributed by atoms with Crippen molar-refractivity contribution in [1.82, 2.24) is 9.88 Å². The number of carbonyl (C=O) groups is 2. The first-order valence-corrected chi connectivity index (χ1v) is 9.50. The highest BCUT2D eigenvalue weighted by atomic mass is 32.1. The standard InChI is InChI=1S/C18H30N2O5S/c1-11(2)14(20(7)17(23)25-18(4,5)6)8-15(24-12(3)22)16-19-13(9-21)10-26-16/h10-11,14-15,21H,8-9H2,1-7H3/t14?,15-/m1/s1. The van der Waals surface area contributed by atoms with Crippen LogP contribution in [0.15, 0.2) is 5.38 Å². The largest absolute Gasteiger partial charge is 0.455 e. The zero-order valence-electron chi connectivity index (χ0n) is 16.6. The summed E-state index contributed by atoms with van der Waals surface area (Å²) >= 11 is 1.33. The summed E-state index contributed by atoms with van der Waals surface area (Å²) in [4.78, 5) is 29.9. The van der Waals surface area contributed by atoms with Crippen molar-refractivity contribution in [3.63, 3.8) is 0 Å². The maximum atomic E-state index is 12.4. The molecule has 0 aliphatic heterocycles. The SMILES string of the molecule is CC(=O)O[C@H](CC(C(C)C)N(C)C(=O)OC(C)(C)C)c1nc(CO)cs1. The number of esters is 1. The fourth-order valence-corrected chi connectivity index (χ4v) is 3.36. The lowest BCUT2D eigenvalue weighted by molar-refractivity contribution is -0.147. The highest BCUT2D eigenvalue weighted by Gasteiger charge is 2.32. The number of thiazole rings is 1. The first-order valence-electron chi connectivity index (χ1n) is 8.62. The van der Waals surface area contributed by atoms with Crippen molar-refractivity contribution in [3.8, 4) is 0 Å². The highest BCUT2D eigenvalue weighted by molar-refractivity contribution is 7.09. The molecule has 1 aromatic heterocycles. The van der Waals surface area contributed by atoms with Gasteiger partial charge in [0.05, 0.1) is 12.3 Å². The molecule has 8 heteroatoms. The summed E-state index contributed by atoms with van der Waals surface area (Å²) in [5.74, 6) is -0.305. The smallest absolute Gasteiger partial charge is 0.410 e. The summed E-state index contributed by atoms with van der Waals surface area (Å²) in [5, 5.41) is 11.6. The van der Waals surface area contributed by atoms with Crippen LogP contribution in [0.4, 0.5) is 4.79 Å². The van der Waals surface area contributed by atoms with Crippen LogP contribution in [0, 0.1) is 5.92 Å². The van der Waals surface area contributed by atoms with Crippen LogP contribution in [0.2, 0.25) is 0 Å². The molecular weight excluding hydrogens is 356 g/mol. The van der Waals surface area contributed by atoms with E-state index in [4.69, 9.17) is 9.47 Å². The first kappa shape index (κ1) is 22.4. The molecule has 1 amide bonds. The van der Waals surface area contributed by atoms with Crippen LogP contribution in [0.5, 0.6) is 0 Å². The van der Waals surface area contributed by atoms with Gasteiger partial charge in [-0.2, -0.15) is 0 Å². The van der Waals surface area contributed by atoms with Crippen molar-refractivity contribution in [2.45, 2.75) is 72.3 Å². The minimum absolute atomic E-state index is 0.114. The van der Waals surface area contributed by atoms with E-state index in [0.717, 1.165) is 0 Å². The maximum absolute atomic E-state index is 12.4. The number of ether oxygens (including phenoxy) is 2. The zero-order valence-corrected chi connectivity index (χ0v) is 17.4. The zero-order chi connectivity index (χ0) is 20.1. The number of hydrogen-bond acceptors (Lipinski definition) is 7. The monoisotopic (exact) mass is 386 g/mol. The van der Waals surface area contributed by atoms with Crippen molar-refractivity contribution in [2.75, 3.05) is 7.05 Å². The Kier molecular flexibility index (Phi) is 8.02. The molecule has 0 aliphatic rings. The Morgan fingerprint density at radius 3 is 2.38 bits per heavy atom. The second kappa shape index (κ2) is 9.32. The normalized spacial score (nSPS) is 14.0. The predicted molar refractivity (Wildman–Crippen MR) is 99.8 cm³/mol. The van der Waals surface area contributed by atoms with Crippen molar-refractivity contribution < 1.29 is 24.2 Å². The summed E-state index contributed by atoms with van der Waals surface area (Å²) in [6.07, 6.45) is -0.617. The Hall–Kier alpha value is -1.67. The van der Waals surface area contributed by atoms with Crippen molar-refractivity contribution in [1.29, 1.82) is 0 Å². The molecule has 0 fully saturated rings. The molecule has 1 unspecified atom stereocenters. The average Bonchev–Trinajstić information content (AvgIpc) is 2.97. The second-order valence-electron chi connectivity index (χ2n) is 7.57.